The number of rotatable bonds is 3. The second kappa shape index (κ2) is 4.55. The van der Waals surface area contributed by atoms with E-state index in [1.807, 2.05) is 6.07 Å². The monoisotopic (exact) mass is 237 g/mol. The van der Waals surface area contributed by atoms with Gasteiger partial charge in [-0.15, -0.1) is 0 Å². The van der Waals surface area contributed by atoms with E-state index in [1.165, 1.54) is 0 Å². The van der Waals surface area contributed by atoms with Crippen molar-refractivity contribution in [2.75, 3.05) is 0 Å². The zero-order chi connectivity index (χ0) is 11.5. The Labute approximate surface area is 98.3 Å². The molecule has 0 aliphatic carbocycles. The molecule has 1 aromatic carbocycles. The third-order valence-corrected chi connectivity index (χ3v) is 2.48. The van der Waals surface area contributed by atoms with Gasteiger partial charge in [-0.3, -0.25) is 4.68 Å². The molecule has 0 bridgehead atoms. The Morgan fingerprint density at radius 3 is 2.94 bits per heavy atom. The van der Waals surface area contributed by atoms with E-state index < -0.39 is 0 Å². The Morgan fingerprint density at radius 1 is 1.50 bits per heavy atom. The lowest BCUT2D eigenvalue weighted by Gasteiger charge is -2.12. The molecule has 0 aliphatic rings. The Hall–Kier alpha value is -1.52. The first kappa shape index (κ1) is 11.0. The van der Waals surface area contributed by atoms with Crippen LogP contribution in [0.15, 0.2) is 36.7 Å². The second-order valence-corrected chi connectivity index (χ2v) is 4.02. The molecular formula is C11H12ClN3O. The lowest BCUT2D eigenvalue weighted by atomic mass is 10.1. The molecule has 0 aliphatic heterocycles. The maximum atomic E-state index is 9.33. The molecule has 3 N–H and O–H groups in total. The molecule has 0 spiro atoms. The Bertz CT molecular complexity index is 484. The molecule has 1 aromatic heterocycles. The van der Waals surface area contributed by atoms with Crippen LogP contribution in [-0.4, -0.2) is 14.9 Å². The third kappa shape index (κ3) is 2.53. The fourth-order valence-corrected chi connectivity index (χ4v) is 1.66. The molecule has 16 heavy (non-hydrogen) atoms. The van der Waals surface area contributed by atoms with Crippen molar-refractivity contribution in [1.82, 2.24) is 9.78 Å². The molecule has 0 amide bonds. The van der Waals surface area contributed by atoms with Crippen molar-refractivity contribution in [2.24, 2.45) is 5.73 Å². The summed E-state index contributed by atoms with van der Waals surface area (Å²) < 4.78 is 1.68. The number of phenols is 1. The van der Waals surface area contributed by atoms with Crippen LogP contribution in [0, 0.1) is 0 Å². The van der Waals surface area contributed by atoms with Crippen LogP contribution in [0.4, 0.5) is 0 Å². The minimum absolute atomic E-state index is 0.214. The summed E-state index contributed by atoms with van der Waals surface area (Å²) in [5.41, 5.74) is 6.86. The first-order valence-corrected chi connectivity index (χ1v) is 5.25. The molecular weight excluding hydrogens is 226 g/mol. The highest BCUT2D eigenvalue weighted by Crippen LogP contribution is 2.18. The van der Waals surface area contributed by atoms with Crippen LogP contribution in [0.25, 0.3) is 0 Å². The van der Waals surface area contributed by atoms with E-state index >= 15 is 0 Å². The fraction of sp³-hybridized carbons (Fsp3) is 0.182. The fourth-order valence-electron chi connectivity index (χ4n) is 1.50. The van der Waals surface area contributed by atoms with Crippen LogP contribution in [0.5, 0.6) is 5.75 Å². The van der Waals surface area contributed by atoms with E-state index in [0.717, 1.165) is 5.56 Å². The molecule has 1 atom stereocenters. The summed E-state index contributed by atoms with van der Waals surface area (Å²) in [6, 6.07) is 6.68. The zero-order valence-electron chi connectivity index (χ0n) is 8.55. The van der Waals surface area contributed by atoms with Gasteiger partial charge in [-0.05, 0) is 17.7 Å². The highest BCUT2D eigenvalue weighted by atomic mass is 35.5. The molecule has 84 valence electrons. The quantitative estimate of drug-likeness (QED) is 0.858. The van der Waals surface area contributed by atoms with Crippen molar-refractivity contribution in [3.8, 4) is 5.75 Å². The number of benzene rings is 1. The maximum Gasteiger partial charge on any atom is 0.115 e. The van der Waals surface area contributed by atoms with Gasteiger partial charge in [-0.2, -0.15) is 5.10 Å². The van der Waals surface area contributed by atoms with Gasteiger partial charge < -0.3 is 10.8 Å². The molecule has 2 rings (SSSR count). The van der Waals surface area contributed by atoms with Gasteiger partial charge in [0, 0.05) is 12.2 Å². The van der Waals surface area contributed by atoms with Gasteiger partial charge in [-0.1, -0.05) is 23.7 Å². The van der Waals surface area contributed by atoms with Crippen molar-refractivity contribution in [3.63, 3.8) is 0 Å². The number of nitrogens with zero attached hydrogens (tertiary/aromatic N) is 2. The molecule has 5 heteroatoms. The summed E-state index contributed by atoms with van der Waals surface area (Å²) >= 11 is 5.75. The summed E-state index contributed by atoms with van der Waals surface area (Å²) in [4.78, 5) is 0. The molecule has 0 saturated carbocycles. The number of phenolic OH excluding ortho intramolecular Hbond substituents is 1. The first-order chi connectivity index (χ1) is 7.65. The summed E-state index contributed by atoms with van der Waals surface area (Å²) in [5, 5.41) is 14.0. The van der Waals surface area contributed by atoms with Crippen molar-refractivity contribution in [3.05, 3.63) is 47.2 Å². The number of nitrogens with two attached hydrogens (primary N) is 1. The molecule has 2 aromatic rings. The first-order valence-electron chi connectivity index (χ1n) is 4.87. The summed E-state index contributed by atoms with van der Waals surface area (Å²) in [5.74, 6) is 0.214. The van der Waals surface area contributed by atoms with Crippen LogP contribution < -0.4 is 5.73 Å². The molecule has 0 saturated heterocycles. The molecule has 0 radical (unpaired) electrons. The van der Waals surface area contributed by atoms with Crippen molar-refractivity contribution >= 4 is 11.6 Å². The summed E-state index contributed by atoms with van der Waals surface area (Å²) in [6.45, 7) is 0.524. The largest absolute Gasteiger partial charge is 0.508 e. The van der Waals surface area contributed by atoms with Gasteiger partial charge in [0.1, 0.15) is 5.75 Å². The maximum absolute atomic E-state index is 9.33. The lowest BCUT2D eigenvalue weighted by molar-refractivity contribution is 0.471. The average Bonchev–Trinajstić information content (AvgIpc) is 2.64. The topological polar surface area (TPSA) is 64.1 Å². The SMILES string of the molecule is NC(Cn1cc(Cl)cn1)c1cccc(O)c1. The van der Waals surface area contributed by atoms with Crippen molar-refractivity contribution in [2.45, 2.75) is 12.6 Å². The van der Waals surface area contributed by atoms with Crippen LogP contribution in [0.2, 0.25) is 5.02 Å². The zero-order valence-corrected chi connectivity index (χ0v) is 9.30. The molecule has 1 unspecified atom stereocenters. The second-order valence-electron chi connectivity index (χ2n) is 3.58. The van der Waals surface area contributed by atoms with Gasteiger partial charge in [-0.25, -0.2) is 0 Å². The van der Waals surface area contributed by atoms with E-state index in [4.69, 9.17) is 17.3 Å². The van der Waals surface area contributed by atoms with E-state index in [0.29, 0.717) is 11.6 Å². The Balaban J connectivity index is 2.11. The number of halogens is 1. The van der Waals surface area contributed by atoms with Gasteiger partial charge >= 0.3 is 0 Å². The predicted molar refractivity (Wildman–Crippen MR) is 62.3 cm³/mol. The van der Waals surface area contributed by atoms with E-state index in [-0.39, 0.29) is 11.8 Å². The summed E-state index contributed by atoms with van der Waals surface area (Å²) in [6.07, 6.45) is 3.28. The highest BCUT2D eigenvalue weighted by Gasteiger charge is 2.08. The molecule has 1 heterocycles. The van der Waals surface area contributed by atoms with Gasteiger partial charge in [0.25, 0.3) is 0 Å². The van der Waals surface area contributed by atoms with E-state index in [1.54, 1.807) is 35.3 Å². The number of hydrogen-bond acceptors (Lipinski definition) is 3. The average molecular weight is 238 g/mol. The predicted octanol–water partition coefficient (Wildman–Crippen LogP) is 1.94. The minimum Gasteiger partial charge on any atom is -0.508 e. The number of aromatic hydroxyl groups is 1. The molecule has 4 nitrogen and oxygen atoms in total. The minimum atomic E-state index is -0.219. The van der Waals surface area contributed by atoms with E-state index in [9.17, 15) is 5.11 Å². The van der Waals surface area contributed by atoms with E-state index in [2.05, 4.69) is 5.10 Å². The van der Waals surface area contributed by atoms with Crippen LogP contribution in [0.3, 0.4) is 0 Å². The Kier molecular flexibility index (Phi) is 3.12. The van der Waals surface area contributed by atoms with Gasteiger partial charge in [0.15, 0.2) is 0 Å². The lowest BCUT2D eigenvalue weighted by Crippen LogP contribution is -2.17. The Morgan fingerprint density at radius 2 is 2.31 bits per heavy atom. The summed E-state index contributed by atoms with van der Waals surface area (Å²) in [7, 11) is 0. The normalized spacial score (nSPS) is 12.6. The number of hydrogen-bond donors (Lipinski definition) is 2. The smallest absolute Gasteiger partial charge is 0.115 e. The number of aromatic nitrogens is 2. The molecule has 0 fully saturated rings. The van der Waals surface area contributed by atoms with Crippen LogP contribution >= 0.6 is 11.6 Å². The standard InChI is InChI=1S/C11H12ClN3O/c12-9-5-14-15(6-9)7-11(13)8-2-1-3-10(16)4-8/h1-6,11,16H,7,13H2. The highest BCUT2D eigenvalue weighted by molar-refractivity contribution is 6.30. The van der Waals surface area contributed by atoms with Crippen LogP contribution in [-0.2, 0) is 6.54 Å². The van der Waals surface area contributed by atoms with Gasteiger partial charge in [0.2, 0.25) is 0 Å². The van der Waals surface area contributed by atoms with Crippen molar-refractivity contribution < 1.29 is 5.11 Å². The van der Waals surface area contributed by atoms with Gasteiger partial charge in [0.05, 0.1) is 17.8 Å². The van der Waals surface area contributed by atoms with Crippen LogP contribution in [0.1, 0.15) is 11.6 Å². The van der Waals surface area contributed by atoms with Crippen molar-refractivity contribution in [1.29, 1.82) is 0 Å². The third-order valence-electron chi connectivity index (χ3n) is 2.28.